The molecule has 2 aromatic rings. The number of ether oxygens (including phenoxy) is 1. The van der Waals surface area contributed by atoms with Gasteiger partial charge in [-0.15, -0.1) is 0 Å². The molecule has 86 valence electrons. The lowest BCUT2D eigenvalue weighted by Crippen LogP contribution is -2.18. The number of nitrogens with one attached hydrogen (secondary N) is 1. The Morgan fingerprint density at radius 1 is 1.44 bits per heavy atom. The zero-order valence-electron chi connectivity index (χ0n) is 9.62. The van der Waals surface area contributed by atoms with E-state index in [1.165, 1.54) is 5.56 Å². The van der Waals surface area contributed by atoms with Gasteiger partial charge < -0.3 is 14.5 Å². The minimum absolute atomic E-state index is 0.708. The first kappa shape index (κ1) is 11.1. The molecule has 2 rings (SSSR count). The molecule has 0 fully saturated rings. The minimum atomic E-state index is 0.708. The normalized spacial score (nSPS) is 11.1. The number of aromatic nitrogens is 1. The number of methoxy groups -OCH3 is 1. The number of rotatable bonds is 5. The van der Waals surface area contributed by atoms with Gasteiger partial charge in [-0.05, 0) is 17.7 Å². The summed E-state index contributed by atoms with van der Waals surface area (Å²) in [6.07, 6.45) is 0. The van der Waals surface area contributed by atoms with E-state index < -0.39 is 0 Å². The van der Waals surface area contributed by atoms with E-state index in [0.717, 1.165) is 30.8 Å². The van der Waals surface area contributed by atoms with E-state index in [9.17, 15) is 0 Å². The van der Waals surface area contributed by atoms with Crippen LogP contribution >= 0.6 is 0 Å². The van der Waals surface area contributed by atoms with Gasteiger partial charge in [0.1, 0.15) is 5.52 Å². The van der Waals surface area contributed by atoms with Gasteiger partial charge in [0.05, 0.1) is 6.61 Å². The van der Waals surface area contributed by atoms with Gasteiger partial charge in [-0.3, -0.25) is 0 Å². The Bertz CT molecular complexity index is 465. The van der Waals surface area contributed by atoms with Crippen LogP contribution in [-0.2, 0) is 11.3 Å². The lowest BCUT2D eigenvalue weighted by molar-refractivity contribution is 0.199. The molecule has 0 aliphatic heterocycles. The predicted molar refractivity (Wildman–Crippen MR) is 62.3 cm³/mol. The van der Waals surface area contributed by atoms with E-state index in [1.54, 1.807) is 7.11 Å². The first-order chi connectivity index (χ1) is 7.79. The number of benzene rings is 1. The van der Waals surface area contributed by atoms with E-state index >= 15 is 0 Å². The molecule has 16 heavy (non-hydrogen) atoms. The Morgan fingerprint density at radius 3 is 3.12 bits per heavy atom. The summed E-state index contributed by atoms with van der Waals surface area (Å²) in [4.78, 5) is 4.30. The first-order valence-corrected chi connectivity index (χ1v) is 5.35. The minimum Gasteiger partial charge on any atom is -0.441 e. The van der Waals surface area contributed by atoms with Crippen LogP contribution in [0, 0.1) is 6.92 Å². The number of oxazole rings is 1. The molecule has 0 spiro atoms. The lowest BCUT2D eigenvalue weighted by atomic mass is 10.2. The van der Waals surface area contributed by atoms with Gasteiger partial charge in [0.2, 0.25) is 0 Å². The van der Waals surface area contributed by atoms with Crippen molar-refractivity contribution in [1.82, 2.24) is 10.3 Å². The summed E-state index contributed by atoms with van der Waals surface area (Å²) in [6.45, 7) is 4.26. The Labute approximate surface area is 94.6 Å². The second-order valence-corrected chi connectivity index (χ2v) is 3.70. The quantitative estimate of drug-likeness (QED) is 0.781. The average molecular weight is 220 g/mol. The summed E-state index contributed by atoms with van der Waals surface area (Å²) >= 11 is 0. The molecule has 0 radical (unpaired) electrons. The fraction of sp³-hybridized carbons (Fsp3) is 0.417. The second-order valence-electron chi connectivity index (χ2n) is 3.70. The number of fused-ring (bicyclic) bond motifs is 1. The molecule has 0 saturated carbocycles. The van der Waals surface area contributed by atoms with Crippen molar-refractivity contribution < 1.29 is 9.15 Å². The Hall–Kier alpha value is -1.39. The fourth-order valence-electron chi connectivity index (χ4n) is 1.61. The summed E-state index contributed by atoms with van der Waals surface area (Å²) in [5.41, 5.74) is 2.97. The van der Waals surface area contributed by atoms with E-state index in [-0.39, 0.29) is 0 Å². The highest BCUT2D eigenvalue weighted by molar-refractivity contribution is 5.73. The third-order valence-electron chi connectivity index (χ3n) is 2.37. The van der Waals surface area contributed by atoms with Gasteiger partial charge in [-0.1, -0.05) is 6.07 Å². The molecule has 4 heteroatoms. The monoisotopic (exact) mass is 220 g/mol. The van der Waals surface area contributed by atoms with Crippen LogP contribution in [0.15, 0.2) is 22.6 Å². The highest BCUT2D eigenvalue weighted by Crippen LogP contribution is 2.16. The van der Waals surface area contributed by atoms with Crippen molar-refractivity contribution in [2.24, 2.45) is 0 Å². The SMILES string of the molecule is COCCNCc1ccc2oc(C)nc2c1. The second kappa shape index (κ2) is 5.09. The summed E-state index contributed by atoms with van der Waals surface area (Å²) < 4.78 is 10.4. The molecule has 0 amide bonds. The van der Waals surface area contributed by atoms with Crippen molar-refractivity contribution in [1.29, 1.82) is 0 Å². The first-order valence-electron chi connectivity index (χ1n) is 5.35. The Kier molecular flexibility index (Phi) is 3.54. The summed E-state index contributed by atoms with van der Waals surface area (Å²) in [5.74, 6) is 0.708. The van der Waals surface area contributed by atoms with E-state index in [2.05, 4.69) is 10.3 Å². The van der Waals surface area contributed by atoms with Crippen LogP contribution in [0.3, 0.4) is 0 Å². The molecular weight excluding hydrogens is 204 g/mol. The van der Waals surface area contributed by atoms with Crippen molar-refractivity contribution in [3.05, 3.63) is 29.7 Å². The molecule has 0 saturated heterocycles. The van der Waals surface area contributed by atoms with Crippen LogP contribution in [0.1, 0.15) is 11.5 Å². The number of hydrogen-bond donors (Lipinski definition) is 1. The van der Waals surface area contributed by atoms with E-state index in [1.807, 2.05) is 25.1 Å². The van der Waals surface area contributed by atoms with Crippen molar-refractivity contribution in [3.8, 4) is 0 Å². The smallest absolute Gasteiger partial charge is 0.192 e. The predicted octanol–water partition coefficient (Wildman–Crippen LogP) is 1.87. The Balaban J connectivity index is 2.02. The van der Waals surface area contributed by atoms with Crippen molar-refractivity contribution in [2.45, 2.75) is 13.5 Å². The van der Waals surface area contributed by atoms with Crippen LogP contribution in [0.5, 0.6) is 0 Å². The average Bonchev–Trinajstić information content (AvgIpc) is 2.64. The highest BCUT2D eigenvalue weighted by Gasteiger charge is 2.02. The summed E-state index contributed by atoms with van der Waals surface area (Å²) in [5, 5.41) is 3.29. The van der Waals surface area contributed by atoms with Gasteiger partial charge in [0.25, 0.3) is 0 Å². The van der Waals surface area contributed by atoms with Gasteiger partial charge in [0.15, 0.2) is 11.5 Å². The van der Waals surface area contributed by atoms with E-state index in [0.29, 0.717) is 5.89 Å². The third kappa shape index (κ3) is 2.59. The zero-order valence-corrected chi connectivity index (χ0v) is 9.62. The molecule has 0 unspecified atom stereocenters. The maximum atomic E-state index is 5.41. The molecule has 0 aliphatic rings. The summed E-state index contributed by atoms with van der Waals surface area (Å²) in [6, 6.07) is 6.06. The molecule has 1 heterocycles. The van der Waals surface area contributed by atoms with Crippen molar-refractivity contribution in [2.75, 3.05) is 20.3 Å². The zero-order chi connectivity index (χ0) is 11.4. The van der Waals surface area contributed by atoms with Crippen LogP contribution in [-0.4, -0.2) is 25.2 Å². The largest absolute Gasteiger partial charge is 0.441 e. The number of hydrogen-bond acceptors (Lipinski definition) is 4. The maximum absolute atomic E-state index is 5.41. The van der Waals surface area contributed by atoms with Crippen molar-refractivity contribution >= 4 is 11.1 Å². The summed E-state index contributed by atoms with van der Waals surface area (Å²) in [7, 11) is 1.70. The van der Waals surface area contributed by atoms with Gasteiger partial charge >= 0.3 is 0 Å². The van der Waals surface area contributed by atoms with E-state index in [4.69, 9.17) is 9.15 Å². The Morgan fingerprint density at radius 2 is 2.31 bits per heavy atom. The lowest BCUT2D eigenvalue weighted by Gasteiger charge is -2.03. The standard InChI is InChI=1S/C12H16N2O2/c1-9-14-11-7-10(3-4-12(11)16-9)8-13-5-6-15-2/h3-4,7,13H,5-6,8H2,1-2H3. The van der Waals surface area contributed by atoms with Crippen molar-refractivity contribution in [3.63, 3.8) is 0 Å². The third-order valence-corrected chi connectivity index (χ3v) is 2.37. The van der Waals surface area contributed by atoms with Crippen LogP contribution < -0.4 is 5.32 Å². The van der Waals surface area contributed by atoms with Gasteiger partial charge in [-0.25, -0.2) is 4.98 Å². The van der Waals surface area contributed by atoms with Crippen LogP contribution in [0.25, 0.3) is 11.1 Å². The van der Waals surface area contributed by atoms with Crippen LogP contribution in [0.4, 0.5) is 0 Å². The van der Waals surface area contributed by atoms with Gasteiger partial charge in [0, 0.05) is 27.1 Å². The maximum Gasteiger partial charge on any atom is 0.192 e. The molecule has 4 nitrogen and oxygen atoms in total. The molecule has 1 aromatic heterocycles. The molecule has 1 N–H and O–H groups in total. The van der Waals surface area contributed by atoms with Crippen LogP contribution in [0.2, 0.25) is 0 Å². The molecule has 0 atom stereocenters. The highest BCUT2D eigenvalue weighted by atomic mass is 16.5. The fourth-order valence-corrected chi connectivity index (χ4v) is 1.61. The topological polar surface area (TPSA) is 47.3 Å². The molecule has 1 aromatic carbocycles. The molecular formula is C12H16N2O2. The number of nitrogens with zero attached hydrogens (tertiary/aromatic N) is 1. The molecule has 0 bridgehead atoms. The molecule has 0 aliphatic carbocycles. The van der Waals surface area contributed by atoms with Gasteiger partial charge in [-0.2, -0.15) is 0 Å². The number of aryl methyl sites for hydroxylation is 1.